The van der Waals surface area contributed by atoms with Crippen molar-refractivity contribution in [3.8, 4) is 0 Å². The van der Waals surface area contributed by atoms with Crippen LogP contribution in [-0.4, -0.2) is 24.0 Å². The largest absolute Gasteiger partial charge is 0.508 e. The third kappa shape index (κ3) is 4.96. The van der Waals surface area contributed by atoms with Crippen LogP contribution in [0.4, 0.5) is 4.79 Å². The lowest BCUT2D eigenvalue weighted by Crippen LogP contribution is -2.35. The van der Waals surface area contributed by atoms with Gasteiger partial charge in [0.1, 0.15) is 6.10 Å². The molecule has 0 aliphatic heterocycles. The van der Waals surface area contributed by atoms with Gasteiger partial charge in [-0.1, -0.05) is 37.6 Å². The summed E-state index contributed by atoms with van der Waals surface area (Å²) in [5.74, 6) is 0. The normalized spacial score (nSPS) is 24.2. The zero-order valence-corrected chi connectivity index (χ0v) is 14.2. The first kappa shape index (κ1) is 17.8. The molecule has 0 amide bonds. The molecule has 0 aromatic heterocycles. The molecule has 1 aromatic carbocycles. The molecule has 1 aliphatic rings. The number of rotatable bonds is 6. The number of ether oxygens (including phenoxy) is 2. The zero-order valence-electron chi connectivity index (χ0n) is 14.2. The van der Waals surface area contributed by atoms with Gasteiger partial charge in [-0.2, -0.15) is 0 Å². The van der Waals surface area contributed by atoms with Gasteiger partial charge in [-0.3, -0.25) is 0 Å². The second-order valence-electron chi connectivity index (χ2n) is 6.33. The van der Waals surface area contributed by atoms with Crippen molar-refractivity contribution in [2.24, 2.45) is 0 Å². The van der Waals surface area contributed by atoms with E-state index >= 15 is 0 Å². The van der Waals surface area contributed by atoms with Crippen LogP contribution in [0.15, 0.2) is 24.3 Å². The second kappa shape index (κ2) is 8.34. The predicted molar refractivity (Wildman–Crippen MR) is 89.3 cm³/mol. The molecule has 0 unspecified atom stereocenters. The minimum absolute atomic E-state index is 0.154. The van der Waals surface area contributed by atoms with Gasteiger partial charge in [0, 0.05) is 0 Å². The maximum atomic E-state index is 11.4. The highest BCUT2D eigenvalue weighted by molar-refractivity contribution is 5.60. The van der Waals surface area contributed by atoms with E-state index in [4.69, 9.17) is 9.47 Å². The molecule has 1 saturated carbocycles. The number of aryl methyl sites for hydroxylation is 1. The van der Waals surface area contributed by atoms with Gasteiger partial charge < -0.3 is 14.6 Å². The van der Waals surface area contributed by atoms with Crippen molar-refractivity contribution in [1.82, 2.24) is 0 Å². The number of carbonyl (C=O) groups excluding carboxylic acids is 1. The van der Waals surface area contributed by atoms with Crippen LogP contribution in [0.3, 0.4) is 0 Å². The monoisotopic (exact) mass is 320 g/mol. The van der Waals surface area contributed by atoms with E-state index in [2.05, 4.69) is 19.1 Å². The summed E-state index contributed by atoms with van der Waals surface area (Å²) in [6, 6.07) is 8.31. The highest BCUT2D eigenvalue weighted by Gasteiger charge is 2.36. The van der Waals surface area contributed by atoms with Crippen molar-refractivity contribution >= 4 is 6.16 Å². The zero-order chi connectivity index (χ0) is 16.7. The van der Waals surface area contributed by atoms with E-state index in [0.29, 0.717) is 32.3 Å². The fourth-order valence-electron chi connectivity index (χ4n) is 3.13. The van der Waals surface area contributed by atoms with Crippen LogP contribution < -0.4 is 0 Å². The average Bonchev–Trinajstić information content (AvgIpc) is 2.56. The molecule has 1 fully saturated rings. The van der Waals surface area contributed by atoms with Crippen LogP contribution in [0.2, 0.25) is 0 Å². The van der Waals surface area contributed by atoms with Gasteiger partial charge in [0.15, 0.2) is 0 Å². The van der Waals surface area contributed by atoms with Gasteiger partial charge in [0.05, 0.1) is 12.2 Å². The number of carbonyl (C=O) groups is 1. The Bertz CT molecular complexity index is 487. The summed E-state index contributed by atoms with van der Waals surface area (Å²) in [5, 5.41) is 10.9. The molecule has 0 radical (unpaired) electrons. The summed E-state index contributed by atoms with van der Waals surface area (Å²) in [6.07, 6.45) is 5.23. The SMILES string of the molecule is CCCCc1ccc(C2(O)CCC(OC(=O)OCC)CC2)cc1. The summed E-state index contributed by atoms with van der Waals surface area (Å²) >= 11 is 0. The molecule has 4 nitrogen and oxygen atoms in total. The highest BCUT2D eigenvalue weighted by Crippen LogP contribution is 2.38. The summed E-state index contributed by atoms with van der Waals surface area (Å²) < 4.78 is 10.1. The molecule has 0 spiro atoms. The minimum Gasteiger partial charge on any atom is -0.435 e. The standard InChI is InChI=1S/C19H28O4/c1-3-5-6-15-7-9-16(10-8-15)19(21)13-11-17(12-14-19)23-18(20)22-4-2/h7-10,17,21H,3-6,11-14H2,1-2H3. The molecule has 128 valence electrons. The lowest BCUT2D eigenvalue weighted by Gasteiger charge is -2.36. The molecule has 2 rings (SSSR count). The topological polar surface area (TPSA) is 55.8 Å². The lowest BCUT2D eigenvalue weighted by molar-refractivity contribution is -0.0530. The smallest absolute Gasteiger partial charge is 0.435 e. The third-order valence-electron chi connectivity index (χ3n) is 4.60. The van der Waals surface area contributed by atoms with Crippen molar-refractivity contribution in [1.29, 1.82) is 0 Å². The molecule has 1 aromatic rings. The first-order valence-electron chi connectivity index (χ1n) is 8.72. The Morgan fingerprint density at radius 3 is 2.43 bits per heavy atom. The summed E-state index contributed by atoms with van der Waals surface area (Å²) in [6.45, 7) is 4.26. The van der Waals surface area contributed by atoms with E-state index in [-0.39, 0.29) is 6.10 Å². The predicted octanol–water partition coefficient (Wildman–Crippen LogP) is 4.33. The second-order valence-corrected chi connectivity index (χ2v) is 6.33. The molecule has 23 heavy (non-hydrogen) atoms. The van der Waals surface area contributed by atoms with E-state index in [1.165, 1.54) is 18.4 Å². The minimum atomic E-state index is -0.808. The maximum absolute atomic E-state index is 11.4. The molecular weight excluding hydrogens is 292 g/mol. The Balaban J connectivity index is 1.90. The first-order valence-corrected chi connectivity index (χ1v) is 8.72. The fraction of sp³-hybridized carbons (Fsp3) is 0.632. The van der Waals surface area contributed by atoms with Crippen molar-refractivity contribution in [3.63, 3.8) is 0 Å². The van der Waals surface area contributed by atoms with Gasteiger partial charge in [-0.25, -0.2) is 4.79 Å². The molecule has 0 saturated heterocycles. The van der Waals surface area contributed by atoms with E-state index in [0.717, 1.165) is 12.0 Å². The quantitative estimate of drug-likeness (QED) is 0.793. The highest BCUT2D eigenvalue weighted by atomic mass is 16.7. The van der Waals surface area contributed by atoms with Crippen LogP contribution in [0, 0.1) is 0 Å². The summed E-state index contributed by atoms with van der Waals surface area (Å²) in [5.41, 5.74) is 1.48. The van der Waals surface area contributed by atoms with Crippen molar-refractivity contribution < 1.29 is 19.4 Å². The summed E-state index contributed by atoms with van der Waals surface area (Å²) in [7, 11) is 0. The molecule has 4 heteroatoms. The Morgan fingerprint density at radius 2 is 1.87 bits per heavy atom. The molecule has 0 atom stereocenters. The van der Waals surface area contributed by atoms with Gasteiger partial charge >= 0.3 is 6.16 Å². The van der Waals surface area contributed by atoms with Crippen LogP contribution in [-0.2, 0) is 21.5 Å². The van der Waals surface area contributed by atoms with Gasteiger partial charge in [-0.15, -0.1) is 0 Å². The molecule has 0 bridgehead atoms. The van der Waals surface area contributed by atoms with E-state index in [1.807, 2.05) is 12.1 Å². The van der Waals surface area contributed by atoms with Gasteiger partial charge in [0.2, 0.25) is 0 Å². The van der Waals surface area contributed by atoms with Gasteiger partial charge in [-0.05, 0) is 56.6 Å². The average molecular weight is 320 g/mol. The fourth-order valence-corrected chi connectivity index (χ4v) is 3.13. The maximum Gasteiger partial charge on any atom is 0.508 e. The Kier molecular flexibility index (Phi) is 6.46. The number of aliphatic hydroxyl groups is 1. The summed E-state index contributed by atoms with van der Waals surface area (Å²) in [4.78, 5) is 11.4. The molecule has 0 heterocycles. The number of benzene rings is 1. The van der Waals surface area contributed by atoms with Crippen molar-refractivity contribution in [2.75, 3.05) is 6.61 Å². The van der Waals surface area contributed by atoms with Crippen molar-refractivity contribution in [2.45, 2.75) is 70.5 Å². The van der Waals surface area contributed by atoms with Gasteiger partial charge in [0.25, 0.3) is 0 Å². The molecule has 1 aliphatic carbocycles. The van der Waals surface area contributed by atoms with Crippen molar-refractivity contribution in [3.05, 3.63) is 35.4 Å². The van der Waals surface area contributed by atoms with E-state index in [1.54, 1.807) is 6.92 Å². The Hall–Kier alpha value is -1.55. The molecular formula is C19H28O4. The third-order valence-corrected chi connectivity index (χ3v) is 4.60. The Labute approximate surface area is 138 Å². The number of hydrogen-bond acceptors (Lipinski definition) is 4. The first-order chi connectivity index (χ1) is 11.1. The lowest BCUT2D eigenvalue weighted by atomic mass is 9.78. The number of hydrogen-bond donors (Lipinski definition) is 1. The van der Waals surface area contributed by atoms with Crippen LogP contribution in [0.25, 0.3) is 0 Å². The van der Waals surface area contributed by atoms with Crippen LogP contribution in [0.1, 0.15) is 63.5 Å². The van der Waals surface area contributed by atoms with E-state index in [9.17, 15) is 9.90 Å². The van der Waals surface area contributed by atoms with E-state index < -0.39 is 11.8 Å². The number of unbranched alkanes of at least 4 members (excludes halogenated alkanes) is 1. The molecule has 1 N–H and O–H groups in total. The Morgan fingerprint density at radius 1 is 1.22 bits per heavy atom. The van der Waals surface area contributed by atoms with Crippen LogP contribution in [0.5, 0.6) is 0 Å². The van der Waals surface area contributed by atoms with Crippen LogP contribution >= 0.6 is 0 Å².